The minimum absolute atomic E-state index is 0.157. The van der Waals surface area contributed by atoms with Crippen LogP contribution in [0.15, 0.2) is 87.2 Å². The molecular formula is C28H21BrFN3O4. The lowest BCUT2D eigenvalue weighted by Gasteiger charge is -2.22. The Kier molecular flexibility index (Phi) is 6.71. The number of nitrogens with one attached hydrogen (secondary N) is 1. The summed E-state index contributed by atoms with van der Waals surface area (Å²) in [6.45, 7) is 0. The molecule has 0 fully saturated rings. The molecule has 1 unspecified atom stereocenters. The number of aromatic nitrogens is 1. The number of fused-ring (bicyclic) bond motifs is 1. The van der Waals surface area contributed by atoms with E-state index in [0.717, 1.165) is 15.4 Å². The molecule has 37 heavy (non-hydrogen) atoms. The molecule has 4 aromatic rings. The molecule has 2 N–H and O–H groups in total. The fourth-order valence-corrected chi connectivity index (χ4v) is 5.00. The average molecular weight is 562 g/mol. The molecule has 1 amide bonds. The van der Waals surface area contributed by atoms with E-state index in [1.807, 2.05) is 48.5 Å². The third-order valence-corrected chi connectivity index (χ3v) is 6.77. The number of aliphatic carboxylic acids is 1. The normalized spacial score (nSPS) is 15.1. The van der Waals surface area contributed by atoms with Crippen LogP contribution in [-0.4, -0.2) is 32.7 Å². The van der Waals surface area contributed by atoms with Gasteiger partial charge < -0.3 is 10.1 Å². The van der Waals surface area contributed by atoms with Crippen molar-refractivity contribution in [1.29, 1.82) is 0 Å². The highest BCUT2D eigenvalue weighted by atomic mass is 79.9. The summed E-state index contributed by atoms with van der Waals surface area (Å²) in [4.78, 5) is 40.6. The van der Waals surface area contributed by atoms with Crippen molar-refractivity contribution in [3.63, 3.8) is 0 Å². The first-order valence-corrected chi connectivity index (χ1v) is 12.4. The van der Waals surface area contributed by atoms with E-state index in [9.17, 15) is 18.8 Å². The van der Waals surface area contributed by atoms with Gasteiger partial charge in [-0.15, -0.1) is 0 Å². The molecule has 2 heterocycles. The van der Waals surface area contributed by atoms with Crippen LogP contribution in [0.1, 0.15) is 36.4 Å². The molecule has 0 saturated carbocycles. The molecule has 0 spiro atoms. The average Bonchev–Trinajstić information content (AvgIpc) is 3.32. The number of H-pyrrole nitrogens is 1. The molecule has 1 atom stereocenters. The number of benzene rings is 3. The van der Waals surface area contributed by atoms with Crippen molar-refractivity contribution in [2.75, 3.05) is 0 Å². The Morgan fingerprint density at radius 3 is 2.54 bits per heavy atom. The number of hydrogen-bond acceptors (Lipinski definition) is 4. The summed E-state index contributed by atoms with van der Waals surface area (Å²) in [5.41, 5.74) is 2.91. The Morgan fingerprint density at radius 2 is 1.81 bits per heavy atom. The second-order valence-corrected chi connectivity index (χ2v) is 9.63. The maximum Gasteiger partial charge on any atom is 0.303 e. The lowest BCUT2D eigenvalue weighted by Crippen LogP contribution is -2.27. The fraction of sp³-hybridized carbons (Fsp3) is 0.143. The number of pyridine rings is 1. The van der Waals surface area contributed by atoms with Crippen LogP contribution < -0.4 is 5.56 Å². The third kappa shape index (κ3) is 4.95. The molecule has 9 heteroatoms. The fourth-order valence-electron chi connectivity index (χ4n) is 4.64. The predicted octanol–water partition coefficient (Wildman–Crippen LogP) is 5.64. The van der Waals surface area contributed by atoms with Gasteiger partial charge in [0.1, 0.15) is 5.82 Å². The number of amides is 1. The summed E-state index contributed by atoms with van der Waals surface area (Å²) >= 11 is 3.51. The highest BCUT2D eigenvalue weighted by Crippen LogP contribution is 2.37. The Bertz CT molecular complexity index is 1620. The van der Waals surface area contributed by atoms with Crippen LogP contribution in [-0.2, 0) is 9.59 Å². The molecule has 5 rings (SSSR count). The van der Waals surface area contributed by atoms with Gasteiger partial charge >= 0.3 is 5.97 Å². The van der Waals surface area contributed by atoms with Gasteiger partial charge in [0.25, 0.3) is 5.56 Å². The van der Waals surface area contributed by atoms with Gasteiger partial charge in [0, 0.05) is 33.8 Å². The number of carboxylic acid groups (broad SMARTS) is 1. The molecule has 3 aromatic carbocycles. The molecule has 186 valence electrons. The lowest BCUT2D eigenvalue weighted by molar-refractivity contribution is -0.141. The number of nitrogens with zero attached hydrogens (tertiary/aromatic N) is 2. The van der Waals surface area contributed by atoms with Crippen molar-refractivity contribution in [1.82, 2.24) is 9.99 Å². The van der Waals surface area contributed by atoms with Crippen molar-refractivity contribution in [2.24, 2.45) is 5.10 Å². The SMILES string of the molecule is O=C(O)CCC(=O)N1N=C(c2c(-c3ccccc3)c3cc(Br)ccc3[nH]c2=O)CC1c1cccc(F)c1. The minimum atomic E-state index is -1.11. The summed E-state index contributed by atoms with van der Waals surface area (Å²) in [6, 6.07) is 20.1. The van der Waals surface area contributed by atoms with Gasteiger partial charge in [-0.05, 0) is 41.5 Å². The lowest BCUT2D eigenvalue weighted by atomic mass is 9.91. The van der Waals surface area contributed by atoms with Crippen molar-refractivity contribution >= 4 is 44.4 Å². The number of hydrogen-bond donors (Lipinski definition) is 2. The summed E-state index contributed by atoms with van der Waals surface area (Å²) in [7, 11) is 0. The van der Waals surface area contributed by atoms with E-state index in [1.54, 1.807) is 12.1 Å². The number of halogens is 2. The second kappa shape index (κ2) is 10.1. The molecule has 0 bridgehead atoms. The molecule has 1 aromatic heterocycles. The highest BCUT2D eigenvalue weighted by molar-refractivity contribution is 9.10. The van der Waals surface area contributed by atoms with Crippen molar-refractivity contribution in [3.8, 4) is 11.1 Å². The van der Waals surface area contributed by atoms with Crippen molar-refractivity contribution in [2.45, 2.75) is 25.3 Å². The van der Waals surface area contributed by atoms with E-state index >= 15 is 0 Å². The largest absolute Gasteiger partial charge is 0.481 e. The van der Waals surface area contributed by atoms with E-state index in [2.05, 4.69) is 26.0 Å². The summed E-state index contributed by atoms with van der Waals surface area (Å²) in [6.07, 6.45) is -0.481. The maximum absolute atomic E-state index is 14.1. The molecule has 0 saturated heterocycles. The van der Waals surface area contributed by atoms with Crippen LogP contribution in [0.5, 0.6) is 0 Å². The van der Waals surface area contributed by atoms with Crippen molar-refractivity contribution in [3.05, 3.63) is 105 Å². The van der Waals surface area contributed by atoms with Gasteiger partial charge in [-0.3, -0.25) is 14.4 Å². The van der Waals surface area contributed by atoms with Gasteiger partial charge in [0.2, 0.25) is 5.91 Å². The zero-order chi connectivity index (χ0) is 26.1. The monoisotopic (exact) mass is 561 g/mol. The molecule has 1 aliphatic heterocycles. The van der Waals surface area contributed by atoms with Crippen LogP contribution in [0.3, 0.4) is 0 Å². The van der Waals surface area contributed by atoms with Gasteiger partial charge in [-0.1, -0.05) is 58.4 Å². The number of rotatable bonds is 6. The van der Waals surface area contributed by atoms with E-state index < -0.39 is 23.7 Å². The topological polar surface area (TPSA) is 103 Å². The summed E-state index contributed by atoms with van der Waals surface area (Å²) < 4.78 is 14.9. The Morgan fingerprint density at radius 1 is 1.03 bits per heavy atom. The Balaban J connectivity index is 1.70. The van der Waals surface area contributed by atoms with Gasteiger partial charge in [0.05, 0.1) is 23.7 Å². The number of aromatic amines is 1. The zero-order valence-corrected chi connectivity index (χ0v) is 21.0. The number of carboxylic acids is 1. The first kappa shape index (κ1) is 24.6. The number of carbonyl (C=O) groups is 2. The second-order valence-electron chi connectivity index (χ2n) is 8.71. The first-order valence-electron chi connectivity index (χ1n) is 11.6. The summed E-state index contributed by atoms with van der Waals surface area (Å²) in [5.74, 6) is -2.10. The maximum atomic E-state index is 14.1. The van der Waals surface area contributed by atoms with Crippen LogP contribution in [0, 0.1) is 5.82 Å². The van der Waals surface area contributed by atoms with E-state index in [-0.39, 0.29) is 24.8 Å². The molecule has 0 aliphatic carbocycles. The van der Waals surface area contributed by atoms with E-state index in [1.165, 1.54) is 17.1 Å². The van der Waals surface area contributed by atoms with Crippen LogP contribution in [0.4, 0.5) is 4.39 Å². The van der Waals surface area contributed by atoms with E-state index in [4.69, 9.17) is 5.11 Å². The highest BCUT2D eigenvalue weighted by Gasteiger charge is 2.35. The molecule has 0 radical (unpaired) electrons. The van der Waals surface area contributed by atoms with Crippen LogP contribution in [0.25, 0.3) is 22.0 Å². The quantitative estimate of drug-likeness (QED) is 0.318. The molecule has 7 nitrogen and oxygen atoms in total. The predicted molar refractivity (Wildman–Crippen MR) is 142 cm³/mol. The van der Waals surface area contributed by atoms with Crippen LogP contribution >= 0.6 is 15.9 Å². The Hall–Kier alpha value is -4.11. The number of hydrazone groups is 1. The third-order valence-electron chi connectivity index (χ3n) is 6.28. The van der Waals surface area contributed by atoms with Gasteiger partial charge in [-0.2, -0.15) is 5.10 Å². The minimum Gasteiger partial charge on any atom is -0.481 e. The smallest absolute Gasteiger partial charge is 0.303 e. The first-order chi connectivity index (χ1) is 17.8. The van der Waals surface area contributed by atoms with Gasteiger partial charge in [0.15, 0.2) is 0 Å². The van der Waals surface area contributed by atoms with Crippen LogP contribution in [0.2, 0.25) is 0 Å². The van der Waals surface area contributed by atoms with Crippen molar-refractivity contribution < 1.29 is 19.1 Å². The summed E-state index contributed by atoms with van der Waals surface area (Å²) in [5, 5.41) is 15.6. The number of carbonyl (C=O) groups excluding carboxylic acids is 1. The van der Waals surface area contributed by atoms with Gasteiger partial charge in [-0.25, -0.2) is 9.40 Å². The van der Waals surface area contributed by atoms with E-state index in [0.29, 0.717) is 27.9 Å². The molecule has 1 aliphatic rings. The standard InChI is InChI=1S/C28H21BrFN3O4/c29-18-9-10-21-20(14-18)26(16-5-2-1-3-6-16)27(28(37)31-21)22-15-23(17-7-4-8-19(30)13-17)33(32-22)24(34)11-12-25(35)36/h1-10,13-14,23H,11-12,15H2,(H,31,37)(H,35,36). The Labute approximate surface area is 219 Å². The molecular weight excluding hydrogens is 541 g/mol. The zero-order valence-electron chi connectivity index (χ0n) is 19.4.